The molecule has 3 aromatic rings. The molecule has 0 fully saturated rings. The van der Waals surface area contributed by atoms with E-state index in [1.54, 1.807) is 30.9 Å². The first-order chi connectivity index (χ1) is 12.7. The molecule has 1 N–H and O–H groups in total. The van der Waals surface area contributed by atoms with Gasteiger partial charge in [-0.1, -0.05) is 23.1 Å². The van der Waals surface area contributed by atoms with Crippen molar-refractivity contribution < 1.29 is 22.7 Å². The van der Waals surface area contributed by atoms with Crippen LogP contribution in [0.4, 0.5) is 18.3 Å². The number of carbonyl (C=O) groups excluding carboxylic acids is 1. The Hall–Kier alpha value is -2.34. The summed E-state index contributed by atoms with van der Waals surface area (Å²) >= 11 is 2.40. The summed E-state index contributed by atoms with van der Waals surface area (Å²) in [7, 11) is 1.78. The van der Waals surface area contributed by atoms with Gasteiger partial charge in [0.2, 0.25) is 5.91 Å². The van der Waals surface area contributed by atoms with E-state index in [-0.39, 0.29) is 11.7 Å². The van der Waals surface area contributed by atoms with Gasteiger partial charge < -0.3 is 14.6 Å². The molecule has 27 heavy (non-hydrogen) atoms. The lowest BCUT2D eigenvalue weighted by Gasteiger charge is -2.09. The van der Waals surface area contributed by atoms with Gasteiger partial charge in [-0.15, -0.1) is 10.2 Å². The first-order valence-corrected chi connectivity index (χ1v) is 9.32. The zero-order valence-corrected chi connectivity index (χ0v) is 15.8. The third-order valence-electron chi connectivity index (χ3n) is 3.31. The molecule has 1 amide bonds. The minimum Gasteiger partial charge on any atom is -0.484 e. The topological polar surface area (TPSA) is 81.9 Å². The lowest BCUT2D eigenvalue weighted by Crippen LogP contribution is -2.22. The van der Waals surface area contributed by atoms with Crippen molar-refractivity contribution in [3.63, 3.8) is 0 Å². The molecule has 0 aliphatic rings. The number of amides is 1. The molecule has 0 radical (unpaired) electrons. The van der Waals surface area contributed by atoms with Gasteiger partial charge in [0.25, 0.3) is 0 Å². The van der Waals surface area contributed by atoms with E-state index in [1.165, 1.54) is 23.9 Å². The summed E-state index contributed by atoms with van der Waals surface area (Å²) in [6.45, 7) is 0.364. The molecule has 0 spiro atoms. The Morgan fingerprint density at radius 1 is 1.44 bits per heavy atom. The second-order valence-corrected chi connectivity index (χ2v) is 7.86. The van der Waals surface area contributed by atoms with Crippen LogP contribution in [0.5, 0.6) is 5.75 Å². The van der Waals surface area contributed by atoms with Crippen molar-refractivity contribution in [3.05, 3.63) is 24.5 Å². The van der Waals surface area contributed by atoms with Gasteiger partial charge in [0, 0.05) is 7.05 Å². The number of nitrogens with one attached hydrogen (secondary N) is 1. The van der Waals surface area contributed by atoms with Crippen LogP contribution in [0.2, 0.25) is 0 Å². The van der Waals surface area contributed by atoms with E-state index in [0.29, 0.717) is 20.5 Å². The monoisotopic (exact) mass is 417 g/mol. The number of alkyl halides is 3. The summed E-state index contributed by atoms with van der Waals surface area (Å²) in [5, 5.41) is 10.9. The van der Waals surface area contributed by atoms with Gasteiger partial charge in [0.05, 0.1) is 15.5 Å². The summed E-state index contributed by atoms with van der Waals surface area (Å²) in [6.07, 6.45) is -2.86. The number of nitrogens with zero attached hydrogens (tertiary/aromatic N) is 4. The number of thiazole rings is 1. The van der Waals surface area contributed by atoms with Crippen molar-refractivity contribution in [3.8, 4) is 5.75 Å². The zero-order valence-electron chi connectivity index (χ0n) is 14.1. The quantitative estimate of drug-likeness (QED) is 0.619. The SMILES string of the molecule is CC(Sc1nncn1C)C(=O)Nc1nc2ccc(OCC(F)(F)F)cc2s1. The first kappa shape index (κ1) is 19.4. The molecule has 3 rings (SSSR count). The number of aromatic nitrogens is 4. The van der Waals surface area contributed by atoms with Gasteiger partial charge in [-0.2, -0.15) is 13.2 Å². The van der Waals surface area contributed by atoms with Gasteiger partial charge >= 0.3 is 6.18 Å². The number of halogens is 3. The summed E-state index contributed by atoms with van der Waals surface area (Å²) in [5.41, 5.74) is 0.559. The highest BCUT2D eigenvalue weighted by atomic mass is 32.2. The Labute approximate surface area is 159 Å². The van der Waals surface area contributed by atoms with Gasteiger partial charge in [0.15, 0.2) is 16.9 Å². The minimum absolute atomic E-state index is 0.0903. The summed E-state index contributed by atoms with van der Waals surface area (Å²) in [4.78, 5) is 16.6. The lowest BCUT2D eigenvalue weighted by atomic mass is 10.3. The van der Waals surface area contributed by atoms with Crippen molar-refractivity contribution >= 4 is 44.4 Å². The van der Waals surface area contributed by atoms with Crippen LogP contribution >= 0.6 is 23.1 Å². The smallest absolute Gasteiger partial charge is 0.422 e. The molecule has 0 saturated heterocycles. The fourth-order valence-corrected chi connectivity index (χ4v) is 3.70. The maximum atomic E-state index is 12.3. The molecule has 2 heterocycles. The number of fused-ring (bicyclic) bond motifs is 1. The molecule has 2 aromatic heterocycles. The Morgan fingerprint density at radius 2 is 2.22 bits per heavy atom. The molecule has 1 atom stereocenters. The third kappa shape index (κ3) is 5.10. The number of hydrogen-bond donors (Lipinski definition) is 1. The van der Waals surface area contributed by atoms with Crippen molar-refractivity contribution in [1.29, 1.82) is 0 Å². The zero-order chi connectivity index (χ0) is 19.6. The molecule has 0 bridgehead atoms. The Bertz CT molecular complexity index is 956. The Morgan fingerprint density at radius 3 is 2.89 bits per heavy atom. The van der Waals surface area contributed by atoms with E-state index in [1.807, 2.05) is 0 Å². The van der Waals surface area contributed by atoms with Crippen LogP contribution in [-0.4, -0.2) is 43.7 Å². The van der Waals surface area contributed by atoms with Crippen LogP contribution in [0.25, 0.3) is 10.2 Å². The van der Waals surface area contributed by atoms with Gasteiger partial charge in [0.1, 0.15) is 12.1 Å². The maximum absolute atomic E-state index is 12.3. The van der Waals surface area contributed by atoms with E-state index in [0.717, 1.165) is 11.3 Å². The molecule has 12 heteroatoms. The van der Waals surface area contributed by atoms with Crippen LogP contribution in [0.1, 0.15) is 6.92 Å². The number of anilines is 1. The number of carbonyl (C=O) groups is 1. The molecule has 0 aliphatic heterocycles. The van der Waals surface area contributed by atoms with E-state index in [2.05, 4.69) is 20.5 Å². The van der Waals surface area contributed by atoms with Crippen LogP contribution in [0.15, 0.2) is 29.7 Å². The Balaban J connectivity index is 1.66. The Kier molecular flexibility index (Phi) is 5.56. The highest BCUT2D eigenvalue weighted by Crippen LogP contribution is 2.31. The van der Waals surface area contributed by atoms with Crippen LogP contribution in [0, 0.1) is 0 Å². The third-order valence-corrected chi connectivity index (χ3v) is 5.40. The molecule has 7 nitrogen and oxygen atoms in total. The normalized spacial score (nSPS) is 12.9. The molecule has 1 unspecified atom stereocenters. The van der Waals surface area contributed by atoms with Gasteiger partial charge in [-0.05, 0) is 25.1 Å². The minimum atomic E-state index is -4.40. The summed E-state index contributed by atoms with van der Waals surface area (Å²) < 4.78 is 43.8. The van der Waals surface area contributed by atoms with Crippen LogP contribution in [-0.2, 0) is 11.8 Å². The standard InChI is InChI=1S/C15H14F3N5O2S2/c1-8(26-14-22-19-7-23(14)2)12(24)21-13-20-10-4-3-9(5-11(10)27-13)25-6-15(16,17)18/h3-5,7-8H,6H2,1-2H3,(H,20,21,24). The molecule has 144 valence electrons. The maximum Gasteiger partial charge on any atom is 0.422 e. The average Bonchev–Trinajstić information content (AvgIpc) is 3.17. The van der Waals surface area contributed by atoms with Gasteiger partial charge in [-0.25, -0.2) is 4.98 Å². The number of rotatable bonds is 6. The van der Waals surface area contributed by atoms with Crippen molar-refractivity contribution in [2.24, 2.45) is 7.05 Å². The molecule has 0 aliphatic carbocycles. The summed E-state index contributed by atoms with van der Waals surface area (Å²) in [5.74, 6) is -0.178. The molecule has 1 aromatic carbocycles. The first-order valence-electron chi connectivity index (χ1n) is 7.63. The molecular weight excluding hydrogens is 403 g/mol. The van der Waals surface area contributed by atoms with E-state index < -0.39 is 18.0 Å². The molecular formula is C15H14F3N5O2S2. The van der Waals surface area contributed by atoms with Crippen molar-refractivity contribution in [2.75, 3.05) is 11.9 Å². The van der Waals surface area contributed by atoms with E-state index in [4.69, 9.17) is 4.74 Å². The van der Waals surface area contributed by atoms with Crippen molar-refractivity contribution in [1.82, 2.24) is 19.7 Å². The fourth-order valence-electron chi connectivity index (χ4n) is 2.01. The summed E-state index contributed by atoms with van der Waals surface area (Å²) in [6, 6.07) is 4.42. The second kappa shape index (κ2) is 7.72. The largest absolute Gasteiger partial charge is 0.484 e. The highest BCUT2D eigenvalue weighted by molar-refractivity contribution is 8.00. The number of hydrogen-bond acceptors (Lipinski definition) is 7. The number of ether oxygens (including phenoxy) is 1. The van der Waals surface area contributed by atoms with Crippen LogP contribution < -0.4 is 10.1 Å². The van der Waals surface area contributed by atoms with Crippen LogP contribution in [0.3, 0.4) is 0 Å². The number of benzene rings is 1. The van der Waals surface area contributed by atoms with E-state index in [9.17, 15) is 18.0 Å². The average molecular weight is 417 g/mol. The number of aryl methyl sites for hydroxylation is 1. The predicted octanol–water partition coefficient (Wildman–Crippen LogP) is 3.49. The van der Waals surface area contributed by atoms with E-state index >= 15 is 0 Å². The fraction of sp³-hybridized carbons (Fsp3) is 0.333. The van der Waals surface area contributed by atoms with Crippen molar-refractivity contribution in [2.45, 2.75) is 23.5 Å². The number of thioether (sulfide) groups is 1. The lowest BCUT2D eigenvalue weighted by molar-refractivity contribution is -0.153. The van der Waals surface area contributed by atoms with Gasteiger partial charge in [-0.3, -0.25) is 4.79 Å². The predicted molar refractivity (Wildman–Crippen MR) is 96.1 cm³/mol. The molecule has 0 saturated carbocycles. The second-order valence-electron chi connectivity index (χ2n) is 5.53. The highest BCUT2D eigenvalue weighted by Gasteiger charge is 2.28.